The van der Waals surface area contributed by atoms with Gasteiger partial charge in [0.2, 0.25) is 5.91 Å². The van der Waals surface area contributed by atoms with Crippen LogP contribution in [0.4, 0.5) is 4.79 Å². The van der Waals surface area contributed by atoms with E-state index in [1.165, 1.54) is 0 Å². The normalized spacial score (nSPS) is 18.6. The molecular formula is C25H31N3O5. The summed E-state index contributed by atoms with van der Waals surface area (Å²) in [7, 11) is 1.56. The standard InChI is InChI=1S/C25H31N3O5/c1-5-14-33-20-13-12-18(15-21(20)32-4)17(3)26-22(29)16-28-23(30)25(6-2,27-24(28)31)19-10-8-7-9-11-19/h7-13,15,17H,5-6,14,16H2,1-4H3,(H,26,29)(H,27,31). The smallest absolute Gasteiger partial charge is 0.325 e. The molecular weight excluding hydrogens is 422 g/mol. The van der Waals surface area contributed by atoms with Crippen molar-refractivity contribution in [2.24, 2.45) is 0 Å². The molecule has 0 aliphatic carbocycles. The molecule has 0 saturated carbocycles. The highest BCUT2D eigenvalue weighted by atomic mass is 16.5. The highest BCUT2D eigenvalue weighted by molar-refractivity contribution is 6.09. The molecule has 1 saturated heterocycles. The molecule has 3 rings (SSSR count). The fourth-order valence-electron chi connectivity index (χ4n) is 3.93. The molecule has 0 spiro atoms. The summed E-state index contributed by atoms with van der Waals surface area (Å²) >= 11 is 0. The zero-order valence-corrected chi connectivity index (χ0v) is 19.5. The van der Waals surface area contributed by atoms with E-state index in [9.17, 15) is 14.4 Å². The van der Waals surface area contributed by atoms with Crippen molar-refractivity contribution in [1.29, 1.82) is 0 Å². The number of amides is 4. The van der Waals surface area contributed by atoms with E-state index in [4.69, 9.17) is 9.47 Å². The summed E-state index contributed by atoms with van der Waals surface area (Å²) in [5.41, 5.74) is 0.347. The van der Waals surface area contributed by atoms with E-state index in [1.807, 2.05) is 45.0 Å². The Labute approximate surface area is 194 Å². The van der Waals surface area contributed by atoms with Gasteiger partial charge >= 0.3 is 6.03 Å². The number of nitrogens with zero attached hydrogens (tertiary/aromatic N) is 1. The van der Waals surface area contributed by atoms with Crippen molar-refractivity contribution in [2.75, 3.05) is 20.3 Å². The fourth-order valence-corrected chi connectivity index (χ4v) is 3.93. The molecule has 2 aromatic rings. The summed E-state index contributed by atoms with van der Waals surface area (Å²) in [5, 5.41) is 5.64. The highest BCUT2D eigenvalue weighted by Crippen LogP contribution is 2.33. The average Bonchev–Trinajstić information content (AvgIpc) is 3.08. The number of nitrogens with one attached hydrogen (secondary N) is 2. The molecule has 2 aromatic carbocycles. The molecule has 8 nitrogen and oxygen atoms in total. The van der Waals surface area contributed by atoms with Crippen molar-refractivity contribution < 1.29 is 23.9 Å². The molecule has 2 atom stereocenters. The van der Waals surface area contributed by atoms with Gasteiger partial charge in [0.05, 0.1) is 19.8 Å². The molecule has 1 heterocycles. The Morgan fingerprint density at radius 1 is 1.12 bits per heavy atom. The number of carbonyl (C=O) groups excluding carboxylic acids is 3. The number of carbonyl (C=O) groups is 3. The molecule has 2 N–H and O–H groups in total. The van der Waals surface area contributed by atoms with Crippen LogP contribution in [-0.2, 0) is 15.1 Å². The third-order valence-electron chi connectivity index (χ3n) is 5.80. The van der Waals surface area contributed by atoms with Crippen LogP contribution in [0.25, 0.3) is 0 Å². The van der Waals surface area contributed by atoms with E-state index >= 15 is 0 Å². The van der Waals surface area contributed by atoms with Gasteiger partial charge in [-0.05, 0) is 43.0 Å². The second-order valence-corrected chi connectivity index (χ2v) is 7.99. The van der Waals surface area contributed by atoms with Crippen LogP contribution in [0.3, 0.4) is 0 Å². The molecule has 0 radical (unpaired) electrons. The summed E-state index contributed by atoms with van der Waals surface area (Å²) in [6, 6.07) is 13.6. The Morgan fingerprint density at radius 3 is 2.48 bits per heavy atom. The minimum atomic E-state index is -1.16. The van der Waals surface area contributed by atoms with Gasteiger partial charge in [0.25, 0.3) is 5.91 Å². The minimum absolute atomic E-state index is 0.363. The monoisotopic (exact) mass is 453 g/mol. The van der Waals surface area contributed by atoms with Crippen LogP contribution in [0.2, 0.25) is 0 Å². The van der Waals surface area contributed by atoms with Crippen LogP contribution in [0.1, 0.15) is 50.8 Å². The topological polar surface area (TPSA) is 97.0 Å². The van der Waals surface area contributed by atoms with Gasteiger partial charge in [0.1, 0.15) is 12.1 Å². The molecule has 0 bridgehead atoms. The van der Waals surface area contributed by atoms with Crippen LogP contribution in [0.5, 0.6) is 11.5 Å². The number of ether oxygens (including phenoxy) is 2. The van der Waals surface area contributed by atoms with Gasteiger partial charge in [-0.3, -0.25) is 14.5 Å². The number of rotatable bonds is 10. The Bertz CT molecular complexity index is 1010. The maximum Gasteiger partial charge on any atom is 0.325 e. The lowest BCUT2D eigenvalue weighted by molar-refractivity contribution is -0.135. The van der Waals surface area contributed by atoms with E-state index in [1.54, 1.807) is 31.4 Å². The van der Waals surface area contributed by atoms with Crippen LogP contribution < -0.4 is 20.1 Å². The molecule has 176 valence electrons. The molecule has 0 aromatic heterocycles. The zero-order chi connectivity index (χ0) is 24.0. The van der Waals surface area contributed by atoms with Crippen LogP contribution >= 0.6 is 0 Å². The van der Waals surface area contributed by atoms with Crippen molar-refractivity contribution in [3.63, 3.8) is 0 Å². The summed E-state index contributed by atoms with van der Waals surface area (Å²) in [4.78, 5) is 39.5. The Balaban J connectivity index is 1.69. The van der Waals surface area contributed by atoms with Crippen molar-refractivity contribution >= 4 is 17.8 Å². The number of imide groups is 1. The number of benzene rings is 2. The predicted octanol–water partition coefficient (Wildman–Crippen LogP) is 3.52. The van der Waals surface area contributed by atoms with Gasteiger partial charge in [-0.2, -0.15) is 0 Å². The Hall–Kier alpha value is -3.55. The van der Waals surface area contributed by atoms with E-state index in [-0.39, 0.29) is 12.6 Å². The molecule has 1 aliphatic heterocycles. The first-order valence-electron chi connectivity index (χ1n) is 11.2. The number of hydrogen-bond acceptors (Lipinski definition) is 5. The molecule has 4 amide bonds. The second-order valence-electron chi connectivity index (χ2n) is 7.99. The summed E-state index contributed by atoms with van der Waals surface area (Å²) < 4.78 is 11.1. The van der Waals surface area contributed by atoms with Gasteiger partial charge in [-0.15, -0.1) is 0 Å². The van der Waals surface area contributed by atoms with Gasteiger partial charge in [-0.25, -0.2) is 4.79 Å². The third-order valence-corrected chi connectivity index (χ3v) is 5.80. The maximum absolute atomic E-state index is 13.2. The largest absolute Gasteiger partial charge is 0.493 e. The first kappa shape index (κ1) is 24.1. The molecule has 33 heavy (non-hydrogen) atoms. The maximum atomic E-state index is 13.2. The summed E-state index contributed by atoms with van der Waals surface area (Å²) in [6.07, 6.45) is 1.26. The lowest BCUT2D eigenvalue weighted by atomic mass is 9.87. The lowest BCUT2D eigenvalue weighted by Crippen LogP contribution is -2.45. The van der Waals surface area contributed by atoms with Gasteiger partial charge < -0.3 is 20.1 Å². The summed E-state index contributed by atoms with van der Waals surface area (Å²) in [5.74, 6) is 0.351. The molecule has 8 heteroatoms. The highest BCUT2D eigenvalue weighted by Gasteiger charge is 2.51. The Kier molecular flexibility index (Phi) is 7.58. The second kappa shape index (κ2) is 10.4. The molecule has 1 aliphatic rings. The van der Waals surface area contributed by atoms with Crippen molar-refractivity contribution in [2.45, 2.75) is 45.2 Å². The molecule has 1 fully saturated rings. The van der Waals surface area contributed by atoms with Gasteiger partial charge in [0, 0.05) is 0 Å². The van der Waals surface area contributed by atoms with E-state index in [2.05, 4.69) is 10.6 Å². The summed E-state index contributed by atoms with van der Waals surface area (Å²) in [6.45, 7) is 5.90. The third kappa shape index (κ3) is 4.94. The van der Waals surface area contributed by atoms with Crippen LogP contribution in [0.15, 0.2) is 48.5 Å². The van der Waals surface area contributed by atoms with E-state index in [0.29, 0.717) is 30.1 Å². The number of methoxy groups -OCH3 is 1. The van der Waals surface area contributed by atoms with Gasteiger partial charge in [-0.1, -0.05) is 50.2 Å². The number of urea groups is 1. The predicted molar refractivity (Wildman–Crippen MR) is 124 cm³/mol. The first-order chi connectivity index (χ1) is 15.9. The van der Waals surface area contributed by atoms with Crippen molar-refractivity contribution in [1.82, 2.24) is 15.5 Å². The first-order valence-corrected chi connectivity index (χ1v) is 11.2. The number of hydrogen-bond donors (Lipinski definition) is 2. The van der Waals surface area contributed by atoms with E-state index in [0.717, 1.165) is 16.9 Å². The Morgan fingerprint density at radius 2 is 1.85 bits per heavy atom. The zero-order valence-electron chi connectivity index (χ0n) is 19.5. The fraction of sp³-hybridized carbons (Fsp3) is 0.400. The molecule has 2 unspecified atom stereocenters. The van der Waals surface area contributed by atoms with E-state index < -0.39 is 23.4 Å². The van der Waals surface area contributed by atoms with Crippen LogP contribution in [-0.4, -0.2) is 43.0 Å². The van der Waals surface area contributed by atoms with Gasteiger partial charge in [0.15, 0.2) is 11.5 Å². The van der Waals surface area contributed by atoms with Crippen molar-refractivity contribution in [3.8, 4) is 11.5 Å². The minimum Gasteiger partial charge on any atom is -0.493 e. The van der Waals surface area contributed by atoms with Crippen molar-refractivity contribution in [3.05, 3.63) is 59.7 Å². The lowest BCUT2D eigenvalue weighted by Gasteiger charge is -2.25. The average molecular weight is 454 g/mol. The van der Waals surface area contributed by atoms with Crippen LogP contribution in [0, 0.1) is 0 Å². The SMILES string of the molecule is CCCOc1ccc(C(C)NC(=O)CN2C(=O)NC(CC)(c3ccccc3)C2=O)cc1OC. The quantitative estimate of drug-likeness (QED) is 0.537.